The summed E-state index contributed by atoms with van der Waals surface area (Å²) in [7, 11) is 0. The Kier molecular flexibility index (Phi) is 2.26. The van der Waals surface area contributed by atoms with Crippen LogP contribution in [0.5, 0.6) is 0 Å². The highest BCUT2D eigenvalue weighted by molar-refractivity contribution is 5.54. The van der Waals surface area contributed by atoms with Crippen LogP contribution in [0.3, 0.4) is 0 Å². The molecule has 92 valence electrons. The molecule has 1 unspecified atom stereocenters. The summed E-state index contributed by atoms with van der Waals surface area (Å²) >= 11 is 0. The number of benzene rings is 1. The number of anilines is 2. The van der Waals surface area contributed by atoms with Crippen molar-refractivity contribution < 1.29 is 0 Å². The van der Waals surface area contributed by atoms with Crippen LogP contribution in [0.15, 0.2) is 30.3 Å². The van der Waals surface area contributed by atoms with E-state index in [0.29, 0.717) is 5.82 Å². The molecule has 0 aliphatic heterocycles. The number of hydrogen-bond donors (Lipinski definition) is 2. The van der Waals surface area contributed by atoms with Crippen molar-refractivity contribution in [3.8, 4) is 0 Å². The fraction of sp³-hybridized carbons (Fsp3) is 0.286. The summed E-state index contributed by atoms with van der Waals surface area (Å²) in [6, 6.07) is 10.4. The Balaban J connectivity index is 2.20. The van der Waals surface area contributed by atoms with Gasteiger partial charge in [0.15, 0.2) is 0 Å². The van der Waals surface area contributed by atoms with Crippen molar-refractivity contribution in [3.63, 3.8) is 0 Å². The second-order valence-corrected chi connectivity index (χ2v) is 4.99. The van der Waals surface area contributed by atoms with Crippen LogP contribution < -0.4 is 11.5 Å². The lowest BCUT2D eigenvalue weighted by molar-refractivity contribution is 0.553. The average molecular weight is 240 g/mol. The molecule has 0 radical (unpaired) electrons. The molecule has 1 aliphatic rings. The third kappa shape index (κ3) is 1.45. The first kappa shape index (κ1) is 11.0. The van der Waals surface area contributed by atoms with Gasteiger partial charge in [-0.05, 0) is 25.3 Å². The standard InChI is InChI=1S/C14H16N4/c1-14(9-5-3-2-4-6-9)8-7-10-11(14)17-13(16)18-12(10)15/h2-6H,7-8H2,1H3,(H4,15,16,17,18). The molecule has 0 fully saturated rings. The van der Waals surface area contributed by atoms with Crippen molar-refractivity contribution in [3.05, 3.63) is 47.2 Å². The maximum absolute atomic E-state index is 5.94. The molecule has 1 aromatic heterocycles. The number of rotatable bonds is 1. The number of nitrogens with zero attached hydrogens (tertiary/aromatic N) is 2. The Morgan fingerprint density at radius 2 is 1.83 bits per heavy atom. The predicted octanol–water partition coefficient (Wildman–Crippen LogP) is 1.89. The van der Waals surface area contributed by atoms with Gasteiger partial charge in [0.25, 0.3) is 0 Å². The van der Waals surface area contributed by atoms with Crippen molar-refractivity contribution in [2.75, 3.05) is 11.5 Å². The minimum Gasteiger partial charge on any atom is -0.383 e. The lowest BCUT2D eigenvalue weighted by Gasteiger charge is -2.25. The van der Waals surface area contributed by atoms with Crippen LogP contribution in [0.2, 0.25) is 0 Å². The summed E-state index contributed by atoms with van der Waals surface area (Å²) in [6.07, 6.45) is 1.90. The quantitative estimate of drug-likeness (QED) is 0.798. The highest BCUT2D eigenvalue weighted by Crippen LogP contribution is 2.44. The highest BCUT2D eigenvalue weighted by atomic mass is 15.0. The van der Waals surface area contributed by atoms with E-state index in [1.54, 1.807) is 0 Å². The van der Waals surface area contributed by atoms with Gasteiger partial charge in [0, 0.05) is 11.0 Å². The monoisotopic (exact) mass is 240 g/mol. The Hall–Kier alpha value is -2.10. The van der Waals surface area contributed by atoms with E-state index in [-0.39, 0.29) is 11.4 Å². The van der Waals surface area contributed by atoms with E-state index in [1.807, 2.05) is 18.2 Å². The van der Waals surface area contributed by atoms with E-state index in [9.17, 15) is 0 Å². The minimum atomic E-state index is -0.109. The Labute approximate surface area is 106 Å². The van der Waals surface area contributed by atoms with Crippen LogP contribution in [-0.2, 0) is 11.8 Å². The normalized spacial score (nSPS) is 21.8. The van der Waals surface area contributed by atoms with Gasteiger partial charge in [0.1, 0.15) is 5.82 Å². The fourth-order valence-corrected chi connectivity index (χ4v) is 2.80. The molecule has 0 amide bonds. The molecule has 1 aliphatic carbocycles. The minimum absolute atomic E-state index is 0.109. The Morgan fingerprint density at radius 1 is 1.11 bits per heavy atom. The van der Waals surface area contributed by atoms with E-state index in [2.05, 4.69) is 29.0 Å². The van der Waals surface area contributed by atoms with Crippen LogP contribution in [-0.4, -0.2) is 9.97 Å². The number of aromatic nitrogens is 2. The summed E-state index contributed by atoms with van der Waals surface area (Å²) < 4.78 is 0. The number of nitrogens with two attached hydrogens (primary N) is 2. The molecular weight excluding hydrogens is 224 g/mol. The first-order valence-electron chi connectivity index (χ1n) is 6.09. The van der Waals surface area contributed by atoms with Crippen molar-refractivity contribution in [1.29, 1.82) is 0 Å². The molecule has 2 aromatic rings. The maximum atomic E-state index is 5.94. The topological polar surface area (TPSA) is 77.8 Å². The zero-order valence-corrected chi connectivity index (χ0v) is 10.4. The van der Waals surface area contributed by atoms with Gasteiger partial charge in [0.05, 0.1) is 5.69 Å². The molecule has 1 atom stereocenters. The van der Waals surface area contributed by atoms with E-state index in [1.165, 1.54) is 5.56 Å². The molecule has 3 rings (SSSR count). The Morgan fingerprint density at radius 3 is 2.56 bits per heavy atom. The number of hydrogen-bond acceptors (Lipinski definition) is 4. The van der Waals surface area contributed by atoms with Crippen molar-refractivity contribution in [2.24, 2.45) is 0 Å². The van der Waals surface area contributed by atoms with Gasteiger partial charge >= 0.3 is 0 Å². The van der Waals surface area contributed by atoms with E-state index < -0.39 is 0 Å². The largest absolute Gasteiger partial charge is 0.383 e. The number of nitrogen functional groups attached to an aromatic ring is 2. The summed E-state index contributed by atoms with van der Waals surface area (Å²) in [5.74, 6) is 0.785. The van der Waals surface area contributed by atoms with Crippen molar-refractivity contribution in [1.82, 2.24) is 9.97 Å². The van der Waals surface area contributed by atoms with E-state index >= 15 is 0 Å². The number of fused-ring (bicyclic) bond motifs is 1. The van der Waals surface area contributed by atoms with Gasteiger partial charge in [-0.2, -0.15) is 4.98 Å². The third-order valence-corrected chi connectivity index (χ3v) is 3.86. The average Bonchev–Trinajstić information content (AvgIpc) is 2.70. The fourth-order valence-electron chi connectivity index (χ4n) is 2.80. The molecule has 0 saturated carbocycles. The van der Waals surface area contributed by atoms with Gasteiger partial charge in [-0.15, -0.1) is 0 Å². The smallest absolute Gasteiger partial charge is 0.222 e. The third-order valence-electron chi connectivity index (χ3n) is 3.86. The van der Waals surface area contributed by atoms with Crippen LogP contribution in [0.1, 0.15) is 30.2 Å². The summed E-state index contributed by atoms with van der Waals surface area (Å²) in [6.45, 7) is 2.19. The molecular formula is C14H16N4. The zero-order chi connectivity index (χ0) is 12.8. The summed E-state index contributed by atoms with van der Waals surface area (Å²) in [4.78, 5) is 8.48. The molecule has 4 N–H and O–H groups in total. The maximum Gasteiger partial charge on any atom is 0.222 e. The van der Waals surface area contributed by atoms with Gasteiger partial charge in [-0.1, -0.05) is 30.3 Å². The van der Waals surface area contributed by atoms with E-state index in [4.69, 9.17) is 11.5 Å². The Bertz CT molecular complexity index is 594. The highest BCUT2D eigenvalue weighted by Gasteiger charge is 2.39. The summed E-state index contributed by atoms with van der Waals surface area (Å²) in [5.41, 5.74) is 14.8. The molecule has 1 heterocycles. The van der Waals surface area contributed by atoms with Crippen LogP contribution in [0, 0.1) is 0 Å². The van der Waals surface area contributed by atoms with Gasteiger partial charge in [-0.25, -0.2) is 4.98 Å². The van der Waals surface area contributed by atoms with Gasteiger partial charge in [0.2, 0.25) is 5.95 Å². The first-order chi connectivity index (χ1) is 8.61. The van der Waals surface area contributed by atoms with Crippen molar-refractivity contribution >= 4 is 11.8 Å². The lowest BCUT2D eigenvalue weighted by atomic mass is 9.80. The van der Waals surface area contributed by atoms with Crippen LogP contribution >= 0.6 is 0 Å². The van der Waals surface area contributed by atoms with Crippen LogP contribution in [0.4, 0.5) is 11.8 Å². The second kappa shape index (κ2) is 3.70. The molecule has 18 heavy (non-hydrogen) atoms. The van der Waals surface area contributed by atoms with Crippen LogP contribution in [0.25, 0.3) is 0 Å². The summed E-state index contributed by atoms with van der Waals surface area (Å²) in [5, 5.41) is 0. The first-order valence-corrected chi connectivity index (χ1v) is 6.09. The molecule has 0 saturated heterocycles. The zero-order valence-electron chi connectivity index (χ0n) is 10.4. The molecule has 0 spiro atoms. The lowest BCUT2D eigenvalue weighted by Crippen LogP contribution is -2.22. The van der Waals surface area contributed by atoms with E-state index in [0.717, 1.165) is 24.1 Å². The van der Waals surface area contributed by atoms with Gasteiger partial charge < -0.3 is 11.5 Å². The predicted molar refractivity (Wildman–Crippen MR) is 72.1 cm³/mol. The molecule has 0 bridgehead atoms. The SMILES string of the molecule is CC1(c2ccccc2)CCc2c(N)nc(N)nc21. The molecule has 4 heteroatoms. The molecule has 4 nitrogen and oxygen atoms in total. The second-order valence-electron chi connectivity index (χ2n) is 4.99. The van der Waals surface area contributed by atoms with Gasteiger partial charge in [-0.3, -0.25) is 0 Å². The molecule has 1 aromatic carbocycles. The van der Waals surface area contributed by atoms with Crippen molar-refractivity contribution in [2.45, 2.75) is 25.2 Å².